The first kappa shape index (κ1) is 23.5. The molecule has 0 saturated carbocycles. The van der Waals surface area contributed by atoms with Crippen LogP contribution >= 0.6 is 11.3 Å². The summed E-state index contributed by atoms with van der Waals surface area (Å²) >= 11 is 1.23. The molecular formula is C21H19F3N2O5S2. The van der Waals surface area contributed by atoms with Gasteiger partial charge in [-0.15, -0.1) is 11.3 Å². The summed E-state index contributed by atoms with van der Waals surface area (Å²) in [5.74, 6) is -0.0235. The summed E-state index contributed by atoms with van der Waals surface area (Å²) in [7, 11) is -3.70. The van der Waals surface area contributed by atoms with Crippen LogP contribution in [-0.2, 0) is 21.8 Å². The van der Waals surface area contributed by atoms with E-state index in [4.69, 9.17) is 4.74 Å². The Morgan fingerprint density at radius 2 is 1.94 bits per heavy atom. The molecule has 3 aromatic rings. The number of benzene rings is 2. The molecule has 33 heavy (non-hydrogen) atoms. The Morgan fingerprint density at radius 3 is 2.61 bits per heavy atom. The van der Waals surface area contributed by atoms with Gasteiger partial charge < -0.3 is 19.8 Å². The van der Waals surface area contributed by atoms with Gasteiger partial charge in [-0.05, 0) is 30.3 Å². The maximum Gasteiger partial charge on any atom is 0.416 e. The molecule has 0 spiro atoms. The van der Waals surface area contributed by atoms with Crippen LogP contribution in [0.4, 0.5) is 24.5 Å². The molecule has 2 heterocycles. The number of fused-ring (bicyclic) bond motifs is 1. The number of hydrogen-bond donors (Lipinski definition) is 2. The Morgan fingerprint density at radius 1 is 1.18 bits per heavy atom. The van der Waals surface area contributed by atoms with Crippen LogP contribution in [0.1, 0.15) is 22.2 Å². The summed E-state index contributed by atoms with van der Waals surface area (Å²) < 4.78 is 70.8. The van der Waals surface area contributed by atoms with Gasteiger partial charge in [0.15, 0.2) is 9.84 Å². The molecule has 1 aliphatic heterocycles. The molecule has 0 amide bonds. The topological polar surface area (TPSA) is 100.0 Å². The standard InChI is InChI=1S/C21H19F3N2O5S2/c22-21(23,24)13-1-3-16(15(9-13)18(28)11-27)26-6-7-31-19-10-14(2-4-17(19)26)33(29,30)12-20-25-5-8-32-20/h1-5,8-10,18,27-28H,6-7,11-12H2. The van der Waals surface area contributed by atoms with E-state index >= 15 is 0 Å². The number of nitrogens with zero attached hydrogens (tertiary/aromatic N) is 2. The first-order valence-corrected chi connectivity index (χ1v) is 12.3. The van der Waals surface area contributed by atoms with Crippen molar-refractivity contribution in [2.24, 2.45) is 0 Å². The van der Waals surface area contributed by atoms with Crippen LogP contribution in [-0.4, -0.2) is 43.4 Å². The van der Waals surface area contributed by atoms with Crippen molar-refractivity contribution in [2.75, 3.05) is 24.7 Å². The third kappa shape index (κ3) is 4.83. The number of aromatic nitrogens is 1. The van der Waals surface area contributed by atoms with Crippen molar-refractivity contribution >= 4 is 32.5 Å². The van der Waals surface area contributed by atoms with Crippen molar-refractivity contribution in [3.63, 3.8) is 0 Å². The van der Waals surface area contributed by atoms with Crippen LogP contribution in [0.5, 0.6) is 5.75 Å². The highest BCUT2D eigenvalue weighted by Crippen LogP contribution is 2.42. The van der Waals surface area contributed by atoms with Crippen LogP contribution in [0.15, 0.2) is 52.9 Å². The Hall–Kier alpha value is -2.67. The Balaban J connectivity index is 1.73. The minimum atomic E-state index is -4.62. The lowest BCUT2D eigenvalue weighted by Gasteiger charge is -2.33. The number of alkyl halides is 3. The summed E-state index contributed by atoms with van der Waals surface area (Å²) in [5, 5.41) is 21.7. The zero-order chi connectivity index (χ0) is 23.8. The molecule has 12 heteroatoms. The first-order chi connectivity index (χ1) is 15.6. The van der Waals surface area contributed by atoms with E-state index in [2.05, 4.69) is 4.98 Å². The van der Waals surface area contributed by atoms with Crippen LogP contribution in [0.3, 0.4) is 0 Å². The summed E-state index contributed by atoms with van der Waals surface area (Å²) in [5.41, 5.74) is -0.361. The lowest BCUT2D eigenvalue weighted by molar-refractivity contribution is -0.137. The molecule has 1 unspecified atom stereocenters. The monoisotopic (exact) mass is 500 g/mol. The average Bonchev–Trinajstić information content (AvgIpc) is 3.29. The van der Waals surface area contributed by atoms with Crippen LogP contribution < -0.4 is 9.64 Å². The van der Waals surface area contributed by atoms with Crippen molar-refractivity contribution < 1.29 is 36.5 Å². The number of rotatable bonds is 6. The third-order valence-corrected chi connectivity index (χ3v) is 7.72. The number of aliphatic hydroxyl groups is 2. The molecule has 1 atom stereocenters. The second-order valence-corrected chi connectivity index (χ2v) is 10.3. The third-order valence-electron chi connectivity index (χ3n) is 5.13. The Bertz CT molecular complexity index is 1250. The molecule has 4 rings (SSSR count). The zero-order valence-corrected chi connectivity index (χ0v) is 18.6. The smallest absolute Gasteiger partial charge is 0.416 e. The number of hydrogen-bond acceptors (Lipinski definition) is 8. The number of halogens is 3. The molecule has 1 aliphatic rings. The zero-order valence-electron chi connectivity index (χ0n) is 17.0. The predicted octanol–water partition coefficient (Wildman–Crippen LogP) is 3.69. The lowest BCUT2D eigenvalue weighted by atomic mass is 10.0. The van der Waals surface area contributed by atoms with E-state index in [1.807, 2.05) is 0 Å². The van der Waals surface area contributed by atoms with Gasteiger partial charge in [-0.3, -0.25) is 0 Å². The SMILES string of the molecule is O=S(=O)(Cc1nccs1)c1ccc2c(c1)OCCN2c1ccc(C(F)(F)F)cc1C(O)CO. The molecule has 2 N–H and O–H groups in total. The minimum absolute atomic E-state index is 0.0290. The fourth-order valence-electron chi connectivity index (χ4n) is 3.56. The Labute approximate surface area is 191 Å². The predicted molar refractivity (Wildman–Crippen MR) is 115 cm³/mol. The summed E-state index contributed by atoms with van der Waals surface area (Å²) in [6.07, 6.45) is -4.63. The van der Waals surface area contributed by atoms with Gasteiger partial charge in [-0.1, -0.05) is 0 Å². The molecule has 7 nitrogen and oxygen atoms in total. The average molecular weight is 501 g/mol. The maximum absolute atomic E-state index is 13.2. The number of anilines is 2. The summed E-state index contributed by atoms with van der Waals surface area (Å²) in [6, 6.07) is 7.20. The largest absolute Gasteiger partial charge is 0.489 e. The second kappa shape index (κ2) is 8.93. The number of ether oxygens (including phenoxy) is 1. The van der Waals surface area contributed by atoms with Gasteiger partial charge in [0.05, 0.1) is 29.3 Å². The van der Waals surface area contributed by atoms with Crippen LogP contribution in [0.25, 0.3) is 0 Å². The molecule has 2 aromatic carbocycles. The van der Waals surface area contributed by atoms with E-state index in [1.54, 1.807) is 10.3 Å². The van der Waals surface area contributed by atoms with Crippen molar-refractivity contribution in [3.8, 4) is 5.75 Å². The molecule has 176 valence electrons. The van der Waals surface area contributed by atoms with Crippen molar-refractivity contribution in [1.29, 1.82) is 0 Å². The van der Waals surface area contributed by atoms with Gasteiger partial charge in [0.1, 0.15) is 29.2 Å². The lowest BCUT2D eigenvalue weighted by Crippen LogP contribution is -2.30. The fraction of sp³-hybridized carbons (Fsp3) is 0.286. The summed E-state index contributed by atoms with van der Waals surface area (Å²) in [6.45, 7) is -0.382. The highest BCUT2D eigenvalue weighted by molar-refractivity contribution is 7.90. The quantitative estimate of drug-likeness (QED) is 0.533. The fourth-order valence-corrected chi connectivity index (χ4v) is 5.82. The van der Waals surface area contributed by atoms with Crippen molar-refractivity contribution in [2.45, 2.75) is 22.9 Å². The van der Waals surface area contributed by atoms with E-state index in [0.29, 0.717) is 10.7 Å². The molecule has 0 radical (unpaired) electrons. The van der Waals surface area contributed by atoms with Crippen LogP contribution in [0.2, 0.25) is 0 Å². The van der Waals surface area contributed by atoms with Crippen LogP contribution in [0, 0.1) is 0 Å². The normalized spacial score (nSPS) is 15.1. The van der Waals surface area contributed by atoms with E-state index in [-0.39, 0.29) is 40.8 Å². The van der Waals surface area contributed by atoms with Crippen molar-refractivity contribution in [1.82, 2.24) is 4.98 Å². The Kier molecular flexibility index (Phi) is 6.36. The van der Waals surface area contributed by atoms with E-state index in [0.717, 1.165) is 12.1 Å². The molecule has 1 aromatic heterocycles. The minimum Gasteiger partial charge on any atom is -0.489 e. The second-order valence-electron chi connectivity index (χ2n) is 7.28. The molecular weight excluding hydrogens is 481 g/mol. The number of thiazole rings is 1. The molecule has 0 saturated heterocycles. The van der Waals surface area contributed by atoms with Gasteiger partial charge in [0.2, 0.25) is 0 Å². The van der Waals surface area contributed by atoms with Gasteiger partial charge >= 0.3 is 6.18 Å². The number of sulfone groups is 1. The van der Waals surface area contributed by atoms with Gasteiger partial charge in [0, 0.05) is 28.9 Å². The highest BCUT2D eigenvalue weighted by Gasteiger charge is 2.33. The van der Waals surface area contributed by atoms with E-state index in [9.17, 15) is 31.8 Å². The highest BCUT2D eigenvalue weighted by atomic mass is 32.2. The van der Waals surface area contributed by atoms with E-state index < -0.39 is 34.3 Å². The summed E-state index contributed by atoms with van der Waals surface area (Å²) in [4.78, 5) is 5.66. The van der Waals surface area contributed by atoms with Crippen molar-refractivity contribution in [3.05, 3.63) is 64.1 Å². The van der Waals surface area contributed by atoms with Gasteiger partial charge in [-0.2, -0.15) is 13.2 Å². The molecule has 0 fully saturated rings. The van der Waals surface area contributed by atoms with E-state index in [1.165, 1.54) is 41.8 Å². The molecule has 0 bridgehead atoms. The van der Waals surface area contributed by atoms with Gasteiger partial charge in [0.25, 0.3) is 0 Å². The molecule has 0 aliphatic carbocycles. The number of aliphatic hydroxyl groups excluding tert-OH is 2. The van der Waals surface area contributed by atoms with Gasteiger partial charge in [-0.25, -0.2) is 13.4 Å². The maximum atomic E-state index is 13.2. The first-order valence-electron chi connectivity index (χ1n) is 9.76.